The molecule has 102 valence electrons. The van der Waals surface area contributed by atoms with E-state index in [-0.39, 0.29) is 0 Å². The van der Waals surface area contributed by atoms with E-state index in [0.29, 0.717) is 12.5 Å². The maximum Gasteiger partial charge on any atom is 0.136 e. The molecule has 1 aromatic carbocycles. The Kier molecular flexibility index (Phi) is 4.37. The molecule has 1 N–H and O–H groups in total. The van der Waals surface area contributed by atoms with Crippen LogP contribution in [0.2, 0.25) is 0 Å². The number of anilines is 1. The van der Waals surface area contributed by atoms with Crippen molar-refractivity contribution in [3.8, 4) is 5.75 Å². The van der Waals surface area contributed by atoms with Gasteiger partial charge in [-0.15, -0.1) is 5.10 Å². The van der Waals surface area contributed by atoms with Crippen molar-refractivity contribution >= 4 is 16.5 Å². The molecular formula is C14H19N3OS. The lowest BCUT2D eigenvalue weighted by atomic mass is 10.0. The van der Waals surface area contributed by atoms with Crippen LogP contribution in [0.15, 0.2) is 18.2 Å². The number of nitrogens with zero attached hydrogens (tertiary/aromatic N) is 2. The van der Waals surface area contributed by atoms with Crippen LogP contribution in [-0.2, 0) is 6.61 Å². The molecular weight excluding hydrogens is 258 g/mol. The maximum atomic E-state index is 5.88. The summed E-state index contributed by atoms with van der Waals surface area (Å²) in [4.78, 5) is 0. The van der Waals surface area contributed by atoms with Crippen LogP contribution in [0, 0.1) is 6.92 Å². The molecule has 0 bridgehead atoms. The molecule has 19 heavy (non-hydrogen) atoms. The van der Waals surface area contributed by atoms with Crippen LogP contribution in [0.25, 0.3) is 0 Å². The largest absolute Gasteiger partial charge is 0.487 e. The quantitative estimate of drug-likeness (QED) is 0.907. The van der Waals surface area contributed by atoms with Gasteiger partial charge in [-0.2, -0.15) is 0 Å². The fourth-order valence-corrected chi connectivity index (χ4v) is 2.29. The van der Waals surface area contributed by atoms with Gasteiger partial charge in [0, 0.05) is 18.6 Å². The zero-order chi connectivity index (χ0) is 13.8. The number of rotatable bonds is 5. The Hall–Kier alpha value is -1.62. The highest BCUT2D eigenvalue weighted by Crippen LogP contribution is 2.26. The van der Waals surface area contributed by atoms with Crippen molar-refractivity contribution in [1.29, 1.82) is 0 Å². The minimum Gasteiger partial charge on any atom is -0.487 e. The Morgan fingerprint density at radius 3 is 2.84 bits per heavy atom. The van der Waals surface area contributed by atoms with Gasteiger partial charge in [0.1, 0.15) is 23.1 Å². The molecule has 1 heterocycles. The molecule has 0 atom stereocenters. The summed E-state index contributed by atoms with van der Waals surface area (Å²) < 4.78 is 9.80. The number of aromatic nitrogens is 2. The fraction of sp³-hybridized carbons (Fsp3) is 0.429. The summed E-state index contributed by atoms with van der Waals surface area (Å²) in [5.74, 6) is 1.41. The smallest absolute Gasteiger partial charge is 0.136 e. The van der Waals surface area contributed by atoms with E-state index in [2.05, 4.69) is 53.9 Å². The molecule has 0 aliphatic heterocycles. The average Bonchev–Trinajstić information content (AvgIpc) is 2.85. The lowest BCUT2D eigenvalue weighted by molar-refractivity contribution is 0.299. The van der Waals surface area contributed by atoms with Crippen molar-refractivity contribution in [2.24, 2.45) is 0 Å². The molecule has 2 aromatic rings. The first-order chi connectivity index (χ1) is 9.11. The topological polar surface area (TPSA) is 47.0 Å². The van der Waals surface area contributed by atoms with Crippen molar-refractivity contribution in [2.45, 2.75) is 33.3 Å². The molecule has 0 unspecified atom stereocenters. The van der Waals surface area contributed by atoms with Gasteiger partial charge in [-0.3, -0.25) is 0 Å². The summed E-state index contributed by atoms with van der Waals surface area (Å²) in [6.07, 6.45) is 0. The first kappa shape index (κ1) is 13.8. The van der Waals surface area contributed by atoms with E-state index in [1.807, 2.05) is 7.05 Å². The van der Waals surface area contributed by atoms with Crippen molar-refractivity contribution in [3.05, 3.63) is 35.0 Å². The normalized spacial score (nSPS) is 10.8. The van der Waals surface area contributed by atoms with Crippen molar-refractivity contribution in [1.82, 2.24) is 9.59 Å². The molecule has 0 amide bonds. The third-order valence-electron chi connectivity index (χ3n) is 3.03. The van der Waals surface area contributed by atoms with Gasteiger partial charge in [-0.25, -0.2) is 0 Å². The molecule has 0 saturated carbocycles. The standard InChI is InChI=1S/C14H19N3OS/c1-9(2)11-6-5-10(3)13(7-11)18-8-12-14(15-4)19-17-16-12/h5-7,9,15H,8H2,1-4H3. The van der Waals surface area contributed by atoms with E-state index in [0.717, 1.165) is 22.0 Å². The monoisotopic (exact) mass is 277 g/mol. The van der Waals surface area contributed by atoms with Crippen LogP contribution >= 0.6 is 11.5 Å². The lowest BCUT2D eigenvalue weighted by Crippen LogP contribution is -2.01. The summed E-state index contributed by atoms with van der Waals surface area (Å²) in [6, 6.07) is 6.36. The Balaban J connectivity index is 2.13. The molecule has 0 fully saturated rings. The second kappa shape index (κ2) is 6.02. The van der Waals surface area contributed by atoms with Gasteiger partial charge in [0.25, 0.3) is 0 Å². The number of nitrogens with one attached hydrogen (secondary N) is 1. The molecule has 0 radical (unpaired) electrons. The van der Waals surface area contributed by atoms with Crippen LogP contribution in [0.1, 0.15) is 36.6 Å². The number of hydrogen-bond donors (Lipinski definition) is 1. The predicted molar refractivity (Wildman–Crippen MR) is 79.1 cm³/mol. The predicted octanol–water partition coefficient (Wildman–Crippen LogP) is 3.59. The first-order valence-corrected chi connectivity index (χ1v) is 7.11. The molecule has 0 aliphatic rings. The van der Waals surface area contributed by atoms with Crippen LogP contribution in [0.4, 0.5) is 5.00 Å². The van der Waals surface area contributed by atoms with E-state index in [4.69, 9.17) is 4.74 Å². The van der Waals surface area contributed by atoms with Gasteiger partial charge in [-0.05, 0) is 30.0 Å². The van der Waals surface area contributed by atoms with E-state index in [1.54, 1.807) is 0 Å². The summed E-state index contributed by atoms with van der Waals surface area (Å²) in [5, 5.41) is 8.10. The summed E-state index contributed by atoms with van der Waals surface area (Å²) >= 11 is 1.34. The van der Waals surface area contributed by atoms with Gasteiger partial charge < -0.3 is 10.1 Å². The van der Waals surface area contributed by atoms with Gasteiger partial charge >= 0.3 is 0 Å². The Morgan fingerprint density at radius 1 is 1.37 bits per heavy atom. The molecule has 0 spiro atoms. The Bertz CT molecular complexity index is 551. The van der Waals surface area contributed by atoms with Crippen LogP contribution in [0.5, 0.6) is 5.75 Å². The van der Waals surface area contributed by atoms with E-state index in [1.165, 1.54) is 17.1 Å². The highest BCUT2D eigenvalue weighted by atomic mass is 32.1. The second-order valence-electron chi connectivity index (χ2n) is 4.77. The van der Waals surface area contributed by atoms with Gasteiger partial charge in [0.2, 0.25) is 0 Å². The van der Waals surface area contributed by atoms with Gasteiger partial charge in [0.15, 0.2) is 0 Å². The van der Waals surface area contributed by atoms with Crippen LogP contribution in [-0.4, -0.2) is 16.6 Å². The number of benzene rings is 1. The number of ether oxygens (including phenoxy) is 1. The van der Waals surface area contributed by atoms with Crippen LogP contribution < -0.4 is 10.1 Å². The van der Waals surface area contributed by atoms with E-state index < -0.39 is 0 Å². The molecule has 0 aliphatic carbocycles. The third kappa shape index (κ3) is 3.23. The van der Waals surface area contributed by atoms with E-state index in [9.17, 15) is 0 Å². The molecule has 0 saturated heterocycles. The maximum absolute atomic E-state index is 5.88. The molecule has 4 nitrogen and oxygen atoms in total. The highest BCUT2D eigenvalue weighted by Gasteiger charge is 2.09. The van der Waals surface area contributed by atoms with Gasteiger partial charge in [0.05, 0.1) is 0 Å². The SMILES string of the molecule is CNc1snnc1COc1cc(C(C)C)ccc1C. The second-order valence-corrected chi connectivity index (χ2v) is 5.52. The Morgan fingerprint density at radius 2 is 2.16 bits per heavy atom. The van der Waals surface area contributed by atoms with Crippen LogP contribution in [0.3, 0.4) is 0 Å². The minimum atomic E-state index is 0.440. The van der Waals surface area contributed by atoms with E-state index >= 15 is 0 Å². The zero-order valence-corrected chi connectivity index (χ0v) is 12.5. The molecule has 5 heteroatoms. The summed E-state index contributed by atoms with van der Waals surface area (Å²) in [7, 11) is 1.86. The fourth-order valence-electron chi connectivity index (χ4n) is 1.77. The third-order valence-corrected chi connectivity index (χ3v) is 3.81. The highest BCUT2D eigenvalue weighted by molar-refractivity contribution is 7.10. The summed E-state index contributed by atoms with van der Waals surface area (Å²) in [5.41, 5.74) is 3.27. The average molecular weight is 277 g/mol. The zero-order valence-electron chi connectivity index (χ0n) is 11.7. The number of hydrogen-bond acceptors (Lipinski definition) is 5. The van der Waals surface area contributed by atoms with Crippen molar-refractivity contribution in [2.75, 3.05) is 12.4 Å². The summed E-state index contributed by atoms with van der Waals surface area (Å²) in [6.45, 7) is 6.85. The van der Waals surface area contributed by atoms with Crippen molar-refractivity contribution < 1.29 is 4.74 Å². The Labute approximate surface area is 118 Å². The molecule has 2 rings (SSSR count). The molecule has 1 aromatic heterocycles. The van der Waals surface area contributed by atoms with Gasteiger partial charge in [-0.1, -0.05) is 30.5 Å². The number of aryl methyl sites for hydroxylation is 1. The van der Waals surface area contributed by atoms with Crippen molar-refractivity contribution in [3.63, 3.8) is 0 Å². The minimum absolute atomic E-state index is 0.440. The first-order valence-electron chi connectivity index (χ1n) is 6.34. The lowest BCUT2D eigenvalue weighted by Gasteiger charge is -2.12.